The minimum absolute atomic E-state index is 0.328. The van der Waals surface area contributed by atoms with E-state index >= 15 is 0 Å². The first kappa shape index (κ1) is 17.8. The maximum Gasteiger partial charge on any atom is 0.0608 e. The van der Waals surface area contributed by atoms with Crippen molar-refractivity contribution < 1.29 is 0 Å². The van der Waals surface area contributed by atoms with E-state index in [9.17, 15) is 0 Å². The summed E-state index contributed by atoms with van der Waals surface area (Å²) in [5, 5.41) is 0. The molecule has 3 aromatic heterocycles. The van der Waals surface area contributed by atoms with E-state index in [0.717, 1.165) is 36.3 Å². The van der Waals surface area contributed by atoms with Crippen LogP contribution in [0.2, 0.25) is 0 Å². The number of pyridine rings is 3. The number of rotatable bonds is 4. The van der Waals surface area contributed by atoms with E-state index in [-0.39, 0.29) is 0 Å². The van der Waals surface area contributed by atoms with Crippen molar-refractivity contribution in [2.24, 2.45) is 0 Å². The third kappa shape index (κ3) is 3.91. The van der Waals surface area contributed by atoms with E-state index in [0.29, 0.717) is 12.1 Å². The average Bonchev–Trinajstić information content (AvgIpc) is 2.71. The van der Waals surface area contributed by atoms with Crippen LogP contribution >= 0.6 is 0 Å². The Bertz CT molecular complexity index is 879. The Morgan fingerprint density at radius 2 is 1.67 bits per heavy atom. The summed E-state index contributed by atoms with van der Waals surface area (Å²) < 4.78 is 0. The maximum absolute atomic E-state index is 5.07. The van der Waals surface area contributed by atoms with Crippen molar-refractivity contribution in [3.8, 4) is 0 Å². The first-order valence-electron chi connectivity index (χ1n) is 9.71. The maximum atomic E-state index is 5.07. The quantitative estimate of drug-likeness (QED) is 0.680. The number of aromatic nitrogens is 3. The van der Waals surface area contributed by atoms with E-state index in [4.69, 9.17) is 4.98 Å². The van der Waals surface area contributed by atoms with Crippen molar-refractivity contribution in [3.05, 3.63) is 89.3 Å². The molecule has 1 aliphatic heterocycles. The third-order valence-corrected chi connectivity index (χ3v) is 5.57. The second-order valence-corrected chi connectivity index (χ2v) is 7.39. The van der Waals surface area contributed by atoms with Gasteiger partial charge in [-0.15, -0.1) is 0 Å². The molecule has 4 heterocycles. The Morgan fingerprint density at radius 3 is 2.41 bits per heavy atom. The van der Waals surface area contributed by atoms with Crippen LogP contribution in [-0.4, -0.2) is 26.9 Å². The van der Waals surface area contributed by atoms with Gasteiger partial charge in [-0.2, -0.15) is 0 Å². The highest BCUT2D eigenvalue weighted by Crippen LogP contribution is 2.40. The van der Waals surface area contributed by atoms with Crippen LogP contribution in [0.1, 0.15) is 59.7 Å². The number of hydrogen-bond donors (Lipinski definition) is 0. The van der Waals surface area contributed by atoms with Crippen LogP contribution in [0.4, 0.5) is 0 Å². The van der Waals surface area contributed by atoms with Gasteiger partial charge in [0.25, 0.3) is 0 Å². The highest BCUT2D eigenvalue weighted by Gasteiger charge is 2.32. The van der Waals surface area contributed by atoms with Gasteiger partial charge in [0, 0.05) is 30.2 Å². The predicted molar refractivity (Wildman–Crippen MR) is 107 cm³/mol. The van der Waals surface area contributed by atoms with Crippen molar-refractivity contribution >= 4 is 0 Å². The topological polar surface area (TPSA) is 41.9 Å². The van der Waals surface area contributed by atoms with Gasteiger partial charge in [0.05, 0.1) is 23.5 Å². The fourth-order valence-electron chi connectivity index (χ4n) is 4.10. The van der Waals surface area contributed by atoms with Gasteiger partial charge in [-0.05, 0) is 69.1 Å². The van der Waals surface area contributed by atoms with E-state index in [1.807, 2.05) is 30.6 Å². The lowest BCUT2D eigenvalue weighted by Gasteiger charge is -2.39. The number of nitrogens with zero attached hydrogens (tertiary/aromatic N) is 4. The second kappa shape index (κ2) is 7.97. The molecule has 0 N–H and O–H groups in total. The van der Waals surface area contributed by atoms with Crippen LogP contribution in [0.5, 0.6) is 0 Å². The van der Waals surface area contributed by atoms with Crippen molar-refractivity contribution in [2.75, 3.05) is 7.05 Å². The molecule has 27 heavy (non-hydrogen) atoms. The summed E-state index contributed by atoms with van der Waals surface area (Å²) in [7, 11) is 2.22. The fourth-order valence-corrected chi connectivity index (χ4v) is 4.10. The lowest BCUT2D eigenvalue weighted by molar-refractivity contribution is 0.109. The first-order valence-corrected chi connectivity index (χ1v) is 9.71. The van der Waals surface area contributed by atoms with Crippen molar-refractivity contribution in [1.29, 1.82) is 0 Å². The van der Waals surface area contributed by atoms with Crippen molar-refractivity contribution in [3.63, 3.8) is 0 Å². The van der Waals surface area contributed by atoms with E-state index < -0.39 is 0 Å². The molecule has 0 aromatic carbocycles. The molecule has 0 spiro atoms. The molecule has 4 rings (SSSR count). The predicted octanol–water partition coefficient (Wildman–Crippen LogP) is 4.67. The van der Waals surface area contributed by atoms with Crippen molar-refractivity contribution in [2.45, 2.75) is 44.7 Å². The molecular formula is C23H26N4. The summed E-state index contributed by atoms with van der Waals surface area (Å²) >= 11 is 0. The zero-order valence-corrected chi connectivity index (χ0v) is 16.0. The number of piperidine rings is 1. The van der Waals surface area contributed by atoms with Gasteiger partial charge in [-0.1, -0.05) is 18.2 Å². The van der Waals surface area contributed by atoms with Crippen LogP contribution in [0, 0.1) is 6.92 Å². The highest BCUT2D eigenvalue weighted by atomic mass is 15.2. The van der Waals surface area contributed by atoms with E-state index in [1.165, 1.54) is 17.7 Å². The van der Waals surface area contributed by atoms with Crippen LogP contribution in [0.25, 0.3) is 0 Å². The average molecular weight is 358 g/mol. The van der Waals surface area contributed by atoms with Crippen LogP contribution in [-0.2, 0) is 6.42 Å². The van der Waals surface area contributed by atoms with Gasteiger partial charge in [-0.3, -0.25) is 19.9 Å². The lowest BCUT2D eigenvalue weighted by Crippen LogP contribution is -2.34. The summed E-state index contributed by atoms with van der Waals surface area (Å²) in [4.78, 5) is 16.6. The molecule has 0 aliphatic carbocycles. The SMILES string of the molecule is Cc1ccc(Cc2ccccn2)nc1[C@H]1CCC[C@@H](c2ccccn2)N1C. The van der Waals surface area contributed by atoms with Crippen LogP contribution < -0.4 is 0 Å². The second-order valence-electron chi connectivity index (χ2n) is 7.39. The number of likely N-dealkylation sites (tertiary alicyclic amines) is 1. The molecule has 0 unspecified atom stereocenters. The number of aryl methyl sites for hydroxylation is 1. The molecule has 4 heteroatoms. The zero-order chi connectivity index (χ0) is 18.6. The fraction of sp³-hybridized carbons (Fsp3) is 0.348. The van der Waals surface area contributed by atoms with Crippen molar-refractivity contribution in [1.82, 2.24) is 19.9 Å². The summed E-state index contributed by atoms with van der Waals surface area (Å²) in [6.07, 6.45) is 7.99. The van der Waals surface area contributed by atoms with Gasteiger partial charge in [0.2, 0.25) is 0 Å². The lowest BCUT2D eigenvalue weighted by atomic mass is 9.90. The van der Waals surface area contributed by atoms with E-state index in [1.54, 1.807) is 0 Å². The molecule has 2 atom stereocenters. The first-order chi connectivity index (χ1) is 13.2. The molecule has 1 aliphatic rings. The third-order valence-electron chi connectivity index (χ3n) is 5.57. The van der Waals surface area contributed by atoms with Gasteiger partial charge in [0.1, 0.15) is 0 Å². The summed E-state index contributed by atoms with van der Waals surface area (Å²) in [5.74, 6) is 0. The molecule has 138 valence electrons. The molecule has 1 fully saturated rings. The molecule has 0 amide bonds. The molecule has 1 saturated heterocycles. The highest BCUT2D eigenvalue weighted by molar-refractivity contribution is 5.27. The molecule has 0 bridgehead atoms. The zero-order valence-electron chi connectivity index (χ0n) is 16.0. The minimum atomic E-state index is 0.328. The molecular weight excluding hydrogens is 332 g/mol. The molecule has 0 radical (unpaired) electrons. The standard InChI is InChI=1S/C23H26N4/c1-17-12-13-19(16-18-8-3-5-14-24-18)26-23(17)22-11-7-10-21(27(22)2)20-9-4-6-15-25-20/h3-6,8-9,12-15,21-22H,7,10-11,16H2,1-2H3/t21-,22+/m0/s1. The van der Waals surface area contributed by atoms with Gasteiger partial charge < -0.3 is 0 Å². The Balaban J connectivity index is 1.61. The van der Waals surface area contributed by atoms with Gasteiger partial charge in [0.15, 0.2) is 0 Å². The summed E-state index contributed by atoms with van der Waals surface area (Å²) in [5.41, 5.74) is 5.77. The Labute approximate surface area is 161 Å². The summed E-state index contributed by atoms with van der Waals surface area (Å²) in [6.45, 7) is 2.17. The monoisotopic (exact) mass is 358 g/mol. The van der Waals surface area contributed by atoms with Crippen LogP contribution in [0.3, 0.4) is 0 Å². The Kier molecular flexibility index (Phi) is 5.26. The van der Waals surface area contributed by atoms with Gasteiger partial charge >= 0.3 is 0 Å². The van der Waals surface area contributed by atoms with Gasteiger partial charge in [-0.25, -0.2) is 0 Å². The summed E-state index contributed by atoms with van der Waals surface area (Å²) in [6, 6.07) is 17.3. The molecule has 3 aromatic rings. The van der Waals surface area contributed by atoms with E-state index in [2.05, 4.69) is 59.2 Å². The Hall–Kier alpha value is -2.59. The number of hydrogen-bond acceptors (Lipinski definition) is 4. The molecule has 4 nitrogen and oxygen atoms in total. The van der Waals surface area contributed by atoms with Crippen LogP contribution in [0.15, 0.2) is 60.9 Å². The largest absolute Gasteiger partial charge is 0.289 e. The smallest absolute Gasteiger partial charge is 0.0608 e. The Morgan fingerprint density at radius 1 is 0.889 bits per heavy atom. The normalized spacial score (nSPS) is 20.5. The minimum Gasteiger partial charge on any atom is -0.289 e. The molecule has 0 saturated carbocycles.